The summed E-state index contributed by atoms with van der Waals surface area (Å²) in [5.41, 5.74) is 2.02. The van der Waals surface area contributed by atoms with Crippen LogP contribution in [0.4, 0.5) is 0 Å². The average Bonchev–Trinajstić information content (AvgIpc) is 3.13. The zero-order chi connectivity index (χ0) is 18.5. The van der Waals surface area contributed by atoms with E-state index < -0.39 is 0 Å². The highest BCUT2D eigenvalue weighted by atomic mass is 79.9. The molecule has 3 rings (SSSR count). The van der Waals surface area contributed by atoms with Gasteiger partial charge in [-0.1, -0.05) is 58.4 Å². The van der Waals surface area contributed by atoms with E-state index in [4.69, 9.17) is 0 Å². The Hall–Kier alpha value is -2.14. The first-order valence-corrected chi connectivity index (χ1v) is 9.73. The molecular weight excluding hydrogens is 392 g/mol. The highest BCUT2D eigenvalue weighted by Gasteiger charge is 2.34. The molecule has 5 heteroatoms. The van der Waals surface area contributed by atoms with Gasteiger partial charge >= 0.3 is 0 Å². The molecule has 1 heterocycles. The topological polar surface area (TPSA) is 49.4 Å². The lowest BCUT2D eigenvalue weighted by atomic mass is 10.1. The quantitative estimate of drug-likeness (QED) is 0.807. The minimum atomic E-state index is -0.371. The van der Waals surface area contributed by atoms with Gasteiger partial charge in [-0.15, -0.1) is 0 Å². The fraction of sp³-hybridized carbons (Fsp3) is 0.333. The summed E-state index contributed by atoms with van der Waals surface area (Å²) in [4.78, 5) is 27.1. The van der Waals surface area contributed by atoms with Gasteiger partial charge in [0.25, 0.3) is 0 Å². The van der Waals surface area contributed by atoms with Crippen LogP contribution in [-0.4, -0.2) is 29.3 Å². The van der Waals surface area contributed by atoms with Gasteiger partial charge in [-0.25, -0.2) is 0 Å². The molecule has 2 aromatic rings. The highest BCUT2D eigenvalue weighted by Crippen LogP contribution is 2.21. The third-order valence-corrected chi connectivity index (χ3v) is 5.33. The molecule has 4 nitrogen and oxygen atoms in total. The van der Waals surface area contributed by atoms with E-state index in [0.717, 1.165) is 28.4 Å². The van der Waals surface area contributed by atoms with Gasteiger partial charge in [-0.2, -0.15) is 0 Å². The Kier molecular flexibility index (Phi) is 6.09. The number of rotatable bonds is 5. The first-order chi connectivity index (χ1) is 12.5. The molecule has 1 N–H and O–H groups in total. The van der Waals surface area contributed by atoms with E-state index in [0.29, 0.717) is 13.0 Å². The average molecular weight is 415 g/mol. The Morgan fingerprint density at radius 1 is 1.15 bits per heavy atom. The van der Waals surface area contributed by atoms with E-state index in [-0.39, 0.29) is 23.9 Å². The van der Waals surface area contributed by atoms with Gasteiger partial charge in [-0.05, 0) is 43.0 Å². The SMILES string of the molecule is CC(NC(=O)C1CCCN1C(=O)Cc1ccccc1)c1ccc(Br)cc1. The standard InChI is InChI=1S/C21H23BrN2O2/c1-15(17-9-11-18(22)12-10-17)23-21(26)19-8-5-13-24(19)20(25)14-16-6-3-2-4-7-16/h2-4,6-7,9-12,15,19H,5,8,13-14H2,1H3,(H,23,26). The van der Waals surface area contributed by atoms with Gasteiger partial charge in [0.2, 0.25) is 11.8 Å². The number of nitrogens with zero attached hydrogens (tertiary/aromatic N) is 1. The molecule has 1 aliphatic heterocycles. The monoisotopic (exact) mass is 414 g/mol. The second kappa shape index (κ2) is 8.49. The maximum Gasteiger partial charge on any atom is 0.243 e. The first kappa shape index (κ1) is 18.6. The molecule has 26 heavy (non-hydrogen) atoms. The molecule has 1 aliphatic rings. The van der Waals surface area contributed by atoms with E-state index in [2.05, 4.69) is 21.2 Å². The molecule has 2 aromatic carbocycles. The number of amides is 2. The van der Waals surface area contributed by atoms with E-state index >= 15 is 0 Å². The Morgan fingerprint density at radius 3 is 2.54 bits per heavy atom. The van der Waals surface area contributed by atoms with E-state index in [1.165, 1.54) is 0 Å². The van der Waals surface area contributed by atoms with Crippen molar-refractivity contribution in [1.29, 1.82) is 0 Å². The van der Waals surface area contributed by atoms with Crippen LogP contribution in [0.1, 0.15) is 36.9 Å². The molecule has 0 bridgehead atoms. The molecule has 0 radical (unpaired) electrons. The summed E-state index contributed by atoms with van der Waals surface area (Å²) in [6.07, 6.45) is 1.93. The number of nitrogens with one attached hydrogen (secondary N) is 1. The highest BCUT2D eigenvalue weighted by molar-refractivity contribution is 9.10. The number of likely N-dealkylation sites (tertiary alicyclic amines) is 1. The zero-order valence-electron chi connectivity index (χ0n) is 14.8. The van der Waals surface area contributed by atoms with Crippen molar-refractivity contribution in [3.05, 3.63) is 70.2 Å². The second-order valence-corrected chi connectivity index (χ2v) is 7.61. The van der Waals surface area contributed by atoms with Crippen LogP contribution in [0.25, 0.3) is 0 Å². The van der Waals surface area contributed by atoms with Crippen LogP contribution in [0, 0.1) is 0 Å². The van der Waals surface area contributed by atoms with Crippen molar-refractivity contribution >= 4 is 27.7 Å². The smallest absolute Gasteiger partial charge is 0.243 e. The Labute approximate surface area is 162 Å². The van der Waals surface area contributed by atoms with Crippen molar-refractivity contribution in [2.24, 2.45) is 0 Å². The van der Waals surface area contributed by atoms with Crippen molar-refractivity contribution in [2.45, 2.75) is 38.3 Å². The summed E-state index contributed by atoms with van der Waals surface area (Å²) in [6.45, 7) is 2.61. The number of hydrogen-bond acceptors (Lipinski definition) is 2. The van der Waals surface area contributed by atoms with Crippen LogP contribution >= 0.6 is 15.9 Å². The van der Waals surface area contributed by atoms with Gasteiger partial charge < -0.3 is 10.2 Å². The van der Waals surface area contributed by atoms with Gasteiger partial charge in [0.05, 0.1) is 12.5 Å². The number of benzene rings is 2. The molecule has 2 amide bonds. The molecule has 1 saturated heterocycles. The van der Waals surface area contributed by atoms with Crippen molar-refractivity contribution in [1.82, 2.24) is 10.2 Å². The third kappa shape index (κ3) is 4.52. The molecule has 0 aliphatic carbocycles. The van der Waals surface area contributed by atoms with E-state index in [1.54, 1.807) is 4.90 Å². The molecule has 0 spiro atoms. The number of halogens is 1. The van der Waals surface area contributed by atoms with Crippen molar-refractivity contribution in [3.8, 4) is 0 Å². The molecule has 2 unspecified atom stereocenters. The molecule has 1 fully saturated rings. The normalized spacial score (nSPS) is 17.8. The molecular formula is C21H23BrN2O2. The summed E-state index contributed by atoms with van der Waals surface area (Å²) in [7, 11) is 0. The Balaban J connectivity index is 1.62. The Bertz CT molecular complexity index is 761. The summed E-state index contributed by atoms with van der Waals surface area (Å²) < 4.78 is 1.01. The Morgan fingerprint density at radius 2 is 1.85 bits per heavy atom. The fourth-order valence-electron chi connectivity index (χ4n) is 3.35. The van der Waals surface area contributed by atoms with Crippen LogP contribution in [-0.2, 0) is 16.0 Å². The summed E-state index contributed by atoms with van der Waals surface area (Å²) in [5.74, 6) is -0.0514. The maximum absolute atomic E-state index is 12.7. The summed E-state index contributed by atoms with van der Waals surface area (Å²) in [6, 6.07) is 17.1. The molecule has 2 atom stereocenters. The third-order valence-electron chi connectivity index (χ3n) is 4.80. The lowest BCUT2D eigenvalue weighted by Crippen LogP contribution is -2.47. The van der Waals surface area contributed by atoms with Crippen LogP contribution in [0.2, 0.25) is 0 Å². The molecule has 0 saturated carbocycles. The van der Waals surface area contributed by atoms with Gasteiger partial charge in [0.1, 0.15) is 6.04 Å². The predicted molar refractivity (Wildman–Crippen MR) is 106 cm³/mol. The number of hydrogen-bond donors (Lipinski definition) is 1. The lowest BCUT2D eigenvalue weighted by Gasteiger charge is -2.26. The minimum Gasteiger partial charge on any atom is -0.348 e. The predicted octanol–water partition coefficient (Wildman–Crippen LogP) is 3.86. The maximum atomic E-state index is 12.7. The van der Waals surface area contributed by atoms with Crippen LogP contribution in [0.15, 0.2) is 59.1 Å². The zero-order valence-corrected chi connectivity index (χ0v) is 16.4. The summed E-state index contributed by atoms with van der Waals surface area (Å²) in [5, 5.41) is 3.06. The number of carbonyl (C=O) groups is 2. The second-order valence-electron chi connectivity index (χ2n) is 6.69. The van der Waals surface area contributed by atoms with Crippen molar-refractivity contribution < 1.29 is 9.59 Å². The van der Waals surface area contributed by atoms with E-state index in [9.17, 15) is 9.59 Å². The fourth-order valence-corrected chi connectivity index (χ4v) is 3.62. The lowest BCUT2D eigenvalue weighted by molar-refractivity contribution is -0.138. The van der Waals surface area contributed by atoms with Crippen molar-refractivity contribution in [2.75, 3.05) is 6.54 Å². The summed E-state index contributed by atoms with van der Waals surface area (Å²) >= 11 is 3.42. The largest absolute Gasteiger partial charge is 0.348 e. The van der Waals surface area contributed by atoms with Crippen LogP contribution in [0.5, 0.6) is 0 Å². The van der Waals surface area contributed by atoms with Crippen molar-refractivity contribution in [3.63, 3.8) is 0 Å². The van der Waals surface area contributed by atoms with Crippen LogP contribution < -0.4 is 5.32 Å². The van der Waals surface area contributed by atoms with Crippen LogP contribution in [0.3, 0.4) is 0 Å². The number of carbonyl (C=O) groups excluding carboxylic acids is 2. The molecule has 0 aromatic heterocycles. The van der Waals surface area contributed by atoms with E-state index in [1.807, 2.05) is 61.5 Å². The van der Waals surface area contributed by atoms with Gasteiger partial charge in [0, 0.05) is 11.0 Å². The van der Waals surface area contributed by atoms with Gasteiger partial charge in [-0.3, -0.25) is 9.59 Å². The first-order valence-electron chi connectivity index (χ1n) is 8.94. The minimum absolute atomic E-state index is 0.0187. The van der Waals surface area contributed by atoms with Gasteiger partial charge in [0.15, 0.2) is 0 Å². The molecule has 136 valence electrons.